The van der Waals surface area contributed by atoms with Crippen molar-refractivity contribution >= 4 is 35.0 Å². The van der Waals surface area contributed by atoms with Gasteiger partial charge in [-0.1, -0.05) is 41.4 Å². The fourth-order valence-electron chi connectivity index (χ4n) is 4.98. The summed E-state index contributed by atoms with van der Waals surface area (Å²) in [7, 11) is 3.17. The Hall–Kier alpha value is -2.96. The number of dihydropyridines is 1. The molecule has 0 radical (unpaired) electrons. The minimum atomic E-state index is -0.683. The van der Waals surface area contributed by atoms with Gasteiger partial charge in [-0.3, -0.25) is 4.79 Å². The van der Waals surface area contributed by atoms with Gasteiger partial charge in [0.25, 0.3) is 0 Å². The molecule has 8 heteroatoms. The summed E-state index contributed by atoms with van der Waals surface area (Å²) < 4.78 is 16.4. The van der Waals surface area contributed by atoms with E-state index in [0.29, 0.717) is 50.4 Å². The molecular weight excluding hydrogens is 501 g/mol. The number of esters is 1. The van der Waals surface area contributed by atoms with Crippen LogP contribution in [0.3, 0.4) is 0 Å². The molecule has 190 valence electrons. The maximum Gasteiger partial charge on any atom is 0.337 e. The standard InChI is InChI=1S/C28H29Cl2NO5/c1-14(2)36-28(33)24-15(3)31-20-11-17(16-9-10-22(34-4)23(13-16)35-5)12-21(32)26(20)25(24)18-7-6-8-19(29)27(18)30/h6-10,13-14,17,25,31H,11-12H2,1-5H3/t17-,25+/m1/s1. The number of hydrogen-bond acceptors (Lipinski definition) is 6. The molecule has 2 atom stereocenters. The third-order valence-electron chi connectivity index (χ3n) is 6.56. The van der Waals surface area contributed by atoms with Crippen molar-refractivity contribution in [2.45, 2.75) is 51.6 Å². The second kappa shape index (κ2) is 10.6. The molecule has 0 saturated heterocycles. The number of nitrogens with one attached hydrogen (secondary N) is 1. The average molecular weight is 530 g/mol. The molecule has 1 heterocycles. The van der Waals surface area contributed by atoms with E-state index in [2.05, 4.69) is 5.32 Å². The molecule has 1 aliphatic carbocycles. The molecule has 0 spiro atoms. The van der Waals surface area contributed by atoms with Gasteiger partial charge in [-0.05, 0) is 62.4 Å². The molecule has 0 aromatic heterocycles. The van der Waals surface area contributed by atoms with Crippen LogP contribution in [0, 0.1) is 0 Å². The van der Waals surface area contributed by atoms with Gasteiger partial charge in [0.2, 0.25) is 0 Å². The third-order valence-corrected chi connectivity index (χ3v) is 7.40. The first-order valence-electron chi connectivity index (χ1n) is 11.8. The maximum absolute atomic E-state index is 13.8. The van der Waals surface area contributed by atoms with Gasteiger partial charge >= 0.3 is 5.97 Å². The Bertz CT molecular complexity index is 1280. The molecule has 0 amide bonds. The molecule has 2 aliphatic rings. The summed E-state index contributed by atoms with van der Waals surface area (Å²) in [4.78, 5) is 27.0. The predicted octanol–water partition coefficient (Wildman–Crippen LogP) is 6.32. The second-order valence-electron chi connectivity index (χ2n) is 9.23. The van der Waals surface area contributed by atoms with E-state index < -0.39 is 11.9 Å². The molecule has 6 nitrogen and oxygen atoms in total. The van der Waals surface area contributed by atoms with Crippen LogP contribution in [0.1, 0.15) is 56.6 Å². The number of hydrogen-bond donors (Lipinski definition) is 1. The van der Waals surface area contributed by atoms with Crippen molar-refractivity contribution in [2.24, 2.45) is 0 Å². The molecule has 0 bridgehead atoms. The lowest BCUT2D eigenvalue weighted by atomic mass is 9.71. The van der Waals surface area contributed by atoms with Crippen molar-refractivity contribution in [1.82, 2.24) is 5.32 Å². The fraction of sp³-hybridized carbons (Fsp3) is 0.357. The van der Waals surface area contributed by atoms with Crippen LogP contribution in [0.2, 0.25) is 10.0 Å². The van der Waals surface area contributed by atoms with Crippen molar-refractivity contribution < 1.29 is 23.8 Å². The number of ketones is 1. The van der Waals surface area contributed by atoms with E-state index >= 15 is 0 Å². The number of methoxy groups -OCH3 is 2. The Kier molecular flexibility index (Phi) is 7.67. The van der Waals surface area contributed by atoms with Gasteiger partial charge in [0.15, 0.2) is 17.3 Å². The molecule has 2 aromatic carbocycles. The zero-order chi connectivity index (χ0) is 26.1. The summed E-state index contributed by atoms with van der Waals surface area (Å²) in [5.41, 5.74) is 3.86. The van der Waals surface area contributed by atoms with E-state index in [1.54, 1.807) is 46.3 Å². The largest absolute Gasteiger partial charge is 0.493 e. The van der Waals surface area contributed by atoms with Gasteiger partial charge in [0.05, 0.1) is 35.9 Å². The maximum atomic E-state index is 13.8. The van der Waals surface area contributed by atoms with Crippen LogP contribution >= 0.6 is 23.2 Å². The Labute approximate surface area is 221 Å². The summed E-state index contributed by atoms with van der Waals surface area (Å²) in [6.45, 7) is 5.39. The van der Waals surface area contributed by atoms with E-state index in [0.717, 1.165) is 11.3 Å². The molecule has 36 heavy (non-hydrogen) atoms. The van der Waals surface area contributed by atoms with Crippen molar-refractivity contribution in [3.05, 3.63) is 80.1 Å². The summed E-state index contributed by atoms with van der Waals surface area (Å²) in [6, 6.07) is 11.0. The summed E-state index contributed by atoms with van der Waals surface area (Å²) in [5.74, 6) is -0.0723. The van der Waals surface area contributed by atoms with Gasteiger partial charge in [-0.25, -0.2) is 4.79 Å². The van der Waals surface area contributed by atoms with Crippen molar-refractivity contribution in [1.29, 1.82) is 0 Å². The number of carbonyl (C=O) groups excluding carboxylic acids is 2. The minimum Gasteiger partial charge on any atom is -0.493 e. The van der Waals surface area contributed by atoms with Crippen molar-refractivity contribution in [2.75, 3.05) is 14.2 Å². The van der Waals surface area contributed by atoms with Crippen LogP contribution < -0.4 is 14.8 Å². The molecule has 0 unspecified atom stereocenters. The molecule has 0 fully saturated rings. The van der Waals surface area contributed by atoms with Crippen LogP contribution in [-0.4, -0.2) is 32.1 Å². The molecule has 0 saturated carbocycles. The lowest BCUT2D eigenvalue weighted by Crippen LogP contribution is -2.36. The van der Waals surface area contributed by atoms with E-state index in [9.17, 15) is 9.59 Å². The highest BCUT2D eigenvalue weighted by atomic mass is 35.5. The van der Waals surface area contributed by atoms with E-state index in [1.807, 2.05) is 25.1 Å². The van der Waals surface area contributed by atoms with Crippen LogP contribution in [-0.2, 0) is 14.3 Å². The summed E-state index contributed by atoms with van der Waals surface area (Å²) in [6.07, 6.45) is 0.533. The van der Waals surface area contributed by atoms with Crippen LogP contribution in [0.15, 0.2) is 58.9 Å². The first-order chi connectivity index (χ1) is 17.2. The molecule has 4 rings (SSSR count). The first kappa shape index (κ1) is 26.1. The second-order valence-corrected chi connectivity index (χ2v) is 10.0. The smallest absolute Gasteiger partial charge is 0.337 e. The van der Waals surface area contributed by atoms with Crippen LogP contribution in [0.4, 0.5) is 0 Å². The van der Waals surface area contributed by atoms with Crippen molar-refractivity contribution in [3.8, 4) is 11.5 Å². The third kappa shape index (κ3) is 4.84. The number of ether oxygens (including phenoxy) is 3. The average Bonchev–Trinajstić information content (AvgIpc) is 2.83. The number of halogens is 2. The van der Waals surface area contributed by atoms with E-state index in [1.165, 1.54) is 0 Å². The number of benzene rings is 2. The van der Waals surface area contributed by atoms with Gasteiger partial charge in [0.1, 0.15) is 0 Å². The molecule has 1 aliphatic heterocycles. The highest BCUT2D eigenvalue weighted by molar-refractivity contribution is 6.42. The Morgan fingerprint density at radius 2 is 1.78 bits per heavy atom. The molecule has 2 aromatic rings. The topological polar surface area (TPSA) is 73.9 Å². The SMILES string of the molecule is COc1ccc([C@H]2CC(=O)C3=C(C2)NC(C)=C(C(=O)OC(C)C)[C@@H]3c2cccc(Cl)c2Cl)cc1OC. The van der Waals surface area contributed by atoms with Crippen molar-refractivity contribution in [3.63, 3.8) is 0 Å². The lowest BCUT2D eigenvalue weighted by Gasteiger charge is -2.37. The first-order valence-corrected chi connectivity index (χ1v) is 12.5. The number of allylic oxidation sites excluding steroid dienone is 3. The quantitative estimate of drug-likeness (QED) is 0.441. The van der Waals surface area contributed by atoms with Gasteiger partial charge in [0, 0.05) is 29.3 Å². The number of Topliss-reactive ketones (excluding diaryl/α,β-unsaturated/α-hetero) is 1. The molecular formula is C28H29Cl2NO5. The Balaban J connectivity index is 1.81. The van der Waals surface area contributed by atoms with Gasteiger partial charge < -0.3 is 19.5 Å². The fourth-order valence-corrected chi connectivity index (χ4v) is 5.40. The van der Waals surface area contributed by atoms with Gasteiger partial charge in [-0.15, -0.1) is 0 Å². The molecule has 1 N–H and O–H groups in total. The number of rotatable bonds is 6. The zero-order valence-electron chi connectivity index (χ0n) is 20.9. The van der Waals surface area contributed by atoms with E-state index in [4.69, 9.17) is 37.4 Å². The normalized spacial score (nSPS) is 19.7. The monoisotopic (exact) mass is 529 g/mol. The highest BCUT2D eigenvalue weighted by Crippen LogP contribution is 2.48. The highest BCUT2D eigenvalue weighted by Gasteiger charge is 2.42. The van der Waals surface area contributed by atoms with Crippen LogP contribution in [0.25, 0.3) is 0 Å². The summed E-state index contributed by atoms with van der Waals surface area (Å²) >= 11 is 13.0. The zero-order valence-corrected chi connectivity index (χ0v) is 22.4. The number of carbonyl (C=O) groups is 2. The Morgan fingerprint density at radius 3 is 2.44 bits per heavy atom. The summed E-state index contributed by atoms with van der Waals surface area (Å²) in [5, 5.41) is 4.02. The van der Waals surface area contributed by atoms with Gasteiger partial charge in [-0.2, -0.15) is 0 Å². The van der Waals surface area contributed by atoms with Crippen LogP contribution in [0.5, 0.6) is 11.5 Å². The lowest BCUT2D eigenvalue weighted by molar-refractivity contribution is -0.143. The van der Waals surface area contributed by atoms with E-state index in [-0.39, 0.29) is 24.2 Å². The predicted molar refractivity (Wildman–Crippen MR) is 140 cm³/mol. The minimum absolute atomic E-state index is 0.0630. The Morgan fingerprint density at radius 1 is 1.06 bits per heavy atom.